The molecule has 0 aromatic heterocycles. The number of carbonyl (C=O) groups is 1. The van der Waals surface area contributed by atoms with Gasteiger partial charge < -0.3 is 10.6 Å². The molecule has 1 aromatic rings. The van der Waals surface area contributed by atoms with Crippen LogP contribution < -0.4 is 5.73 Å². The minimum Gasteiger partial charge on any atom is -0.340 e. The SMILES string of the molecule is CCCC(N)C(=O)N(C)Cc1ccc(S(C)=O)cc1. The first-order valence-corrected chi connectivity index (χ1v) is 7.94. The molecule has 0 bridgehead atoms. The van der Waals surface area contributed by atoms with Crippen molar-refractivity contribution in [2.45, 2.75) is 37.2 Å². The molecule has 0 fully saturated rings. The summed E-state index contributed by atoms with van der Waals surface area (Å²) in [5.74, 6) is -0.0370. The van der Waals surface area contributed by atoms with Gasteiger partial charge in [0.2, 0.25) is 5.91 Å². The zero-order valence-electron chi connectivity index (χ0n) is 11.8. The van der Waals surface area contributed by atoms with Crippen LogP contribution in [0, 0.1) is 0 Å². The Morgan fingerprint density at radius 3 is 2.42 bits per heavy atom. The summed E-state index contributed by atoms with van der Waals surface area (Å²) in [4.78, 5) is 14.4. The maximum atomic E-state index is 12.0. The van der Waals surface area contributed by atoms with Crippen molar-refractivity contribution in [3.63, 3.8) is 0 Å². The lowest BCUT2D eigenvalue weighted by Gasteiger charge is -2.21. The van der Waals surface area contributed by atoms with Crippen LogP contribution in [0.3, 0.4) is 0 Å². The van der Waals surface area contributed by atoms with Crippen LogP contribution in [0.15, 0.2) is 29.2 Å². The predicted octanol–water partition coefficient (Wildman–Crippen LogP) is 1.51. The largest absolute Gasteiger partial charge is 0.340 e. The summed E-state index contributed by atoms with van der Waals surface area (Å²) in [6, 6.07) is 7.03. The van der Waals surface area contributed by atoms with Crippen molar-refractivity contribution in [1.82, 2.24) is 4.90 Å². The lowest BCUT2D eigenvalue weighted by Crippen LogP contribution is -2.41. The Labute approximate surface area is 117 Å². The molecule has 0 saturated carbocycles. The van der Waals surface area contributed by atoms with Crippen LogP contribution in [-0.2, 0) is 22.1 Å². The third-order valence-corrected chi connectivity index (χ3v) is 3.90. The van der Waals surface area contributed by atoms with E-state index in [-0.39, 0.29) is 5.91 Å². The van der Waals surface area contributed by atoms with Crippen LogP contribution in [0.5, 0.6) is 0 Å². The molecule has 0 aliphatic heterocycles. The van der Waals surface area contributed by atoms with E-state index in [1.807, 2.05) is 31.2 Å². The number of nitrogens with zero attached hydrogens (tertiary/aromatic N) is 1. The van der Waals surface area contributed by atoms with E-state index >= 15 is 0 Å². The van der Waals surface area contributed by atoms with Crippen molar-refractivity contribution < 1.29 is 9.00 Å². The molecular formula is C14H22N2O2S. The van der Waals surface area contributed by atoms with Gasteiger partial charge in [0.05, 0.1) is 6.04 Å². The van der Waals surface area contributed by atoms with E-state index in [2.05, 4.69) is 0 Å². The molecule has 2 atom stereocenters. The smallest absolute Gasteiger partial charge is 0.239 e. The van der Waals surface area contributed by atoms with Gasteiger partial charge in [0.15, 0.2) is 0 Å². The summed E-state index contributed by atoms with van der Waals surface area (Å²) in [5.41, 5.74) is 6.82. The normalized spacial score (nSPS) is 13.9. The molecule has 0 saturated heterocycles. The minimum atomic E-state index is -0.969. The van der Waals surface area contributed by atoms with Crippen molar-refractivity contribution in [1.29, 1.82) is 0 Å². The molecule has 19 heavy (non-hydrogen) atoms. The lowest BCUT2D eigenvalue weighted by atomic mass is 10.1. The van der Waals surface area contributed by atoms with Gasteiger partial charge in [-0.25, -0.2) is 0 Å². The number of rotatable bonds is 6. The molecule has 1 rings (SSSR count). The zero-order chi connectivity index (χ0) is 14.4. The van der Waals surface area contributed by atoms with Gasteiger partial charge in [0.25, 0.3) is 0 Å². The van der Waals surface area contributed by atoms with Crippen molar-refractivity contribution in [3.05, 3.63) is 29.8 Å². The van der Waals surface area contributed by atoms with Gasteiger partial charge in [-0.3, -0.25) is 9.00 Å². The quantitative estimate of drug-likeness (QED) is 0.860. The van der Waals surface area contributed by atoms with Gasteiger partial charge in [-0.2, -0.15) is 0 Å². The van der Waals surface area contributed by atoms with E-state index in [1.54, 1.807) is 18.2 Å². The summed E-state index contributed by atoms with van der Waals surface area (Å²) >= 11 is 0. The van der Waals surface area contributed by atoms with Crippen LogP contribution in [0.1, 0.15) is 25.3 Å². The molecule has 0 aliphatic rings. The Morgan fingerprint density at radius 2 is 1.95 bits per heavy atom. The van der Waals surface area contributed by atoms with E-state index in [1.165, 1.54) is 0 Å². The number of carbonyl (C=O) groups excluding carboxylic acids is 1. The predicted molar refractivity (Wildman–Crippen MR) is 78.1 cm³/mol. The molecule has 0 heterocycles. The van der Waals surface area contributed by atoms with Gasteiger partial charge >= 0.3 is 0 Å². The van der Waals surface area contributed by atoms with Crippen LogP contribution in [0.4, 0.5) is 0 Å². The highest BCUT2D eigenvalue weighted by atomic mass is 32.2. The topological polar surface area (TPSA) is 63.4 Å². The van der Waals surface area contributed by atoms with E-state index in [9.17, 15) is 9.00 Å². The van der Waals surface area contributed by atoms with Gasteiger partial charge in [-0.1, -0.05) is 25.5 Å². The first kappa shape index (κ1) is 15.9. The molecule has 0 spiro atoms. The van der Waals surface area contributed by atoms with E-state index in [4.69, 9.17) is 5.73 Å². The van der Waals surface area contributed by atoms with Crippen molar-refractivity contribution in [3.8, 4) is 0 Å². The van der Waals surface area contributed by atoms with E-state index < -0.39 is 16.8 Å². The second-order valence-corrected chi connectivity index (χ2v) is 6.07. The average Bonchev–Trinajstić information content (AvgIpc) is 2.38. The minimum absolute atomic E-state index is 0.0370. The monoisotopic (exact) mass is 282 g/mol. The number of amides is 1. The van der Waals surface area contributed by atoms with Crippen LogP contribution in [0.25, 0.3) is 0 Å². The fraction of sp³-hybridized carbons (Fsp3) is 0.500. The highest BCUT2D eigenvalue weighted by molar-refractivity contribution is 7.84. The van der Waals surface area contributed by atoms with Gasteiger partial charge in [-0.15, -0.1) is 0 Å². The summed E-state index contributed by atoms with van der Waals surface area (Å²) < 4.78 is 11.3. The first-order chi connectivity index (χ1) is 8.95. The van der Waals surface area contributed by atoms with Crippen LogP contribution in [-0.4, -0.2) is 34.4 Å². The maximum absolute atomic E-state index is 12.0. The van der Waals surface area contributed by atoms with E-state index in [0.29, 0.717) is 13.0 Å². The number of hydrogen-bond donors (Lipinski definition) is 1. The standard InChI is InChI=1S/C14H22N2O2S/c1-4-5-13(15)14(17)16(2)10-11-6-8-12(9-7-11)19(3)18/h6-9,13H,4-5,10,15H2,1-3H3. The summed E-state index contributed by atoms with van der Waals surface area (Å²) in [6.45, 7) is 2.53. The number of likely N-dealkylation sites (N-methyl/N-ethyl adjacent to an activating group) is 1. The number of nitrogens with two attached hydrogens (primary N) is 1. The summed E-state index contributed by atoms with van der Waals surface area (Å²) in [7, 11) is 0.784. The first-order valence-electron chi connectivity index (χ1n) is 6.38. The molecular weight excluding hydrogens is 260 g/mol. The second-order valence-electron chi connectivity index (χ2n) is 4.69. The number of hydrogen-bond acceptors (Lipinski definition) is 3. The molecule has 4 nitrogen and oxygen atoms in total. The highest BCUT2D eigenvalue weighted by Crippen LogP contribution is 2.10. The second kappa shape index (κ2) is 7.40. The van der Waals surface area contributed by atoms with E-state index in [0.717, 1.165) is 16.9 Å². The highest BCUT2D eigenvalue weighted by Gasteiger charge is 2.17. The Balaban J connectivity index is 2.63. The summed E-state index contributed by atoms with van der Waals surface area (Å²) in [6.07, 6.45) is 3.25. The molecule has 1 aromatic carbocycles. The van der Waals surface area contributed by atoms with Crippen LogP contribution in [0.2, 0.25) is 0 Å². The lowest BCUT2D eigenvalue weighted by molar-refractivity contribution is -0.131. The third kappa shape index (κ3) is 4.76. The number of benzene rings is 1. The molecule has 0 aliphatic carbocycles. The molecule has 1 amide bonds. The van der Waals surface area contributed by atoms with Gasteiger partial charge in [0, 0.05) is 35.5 Å². The van der Waals surface area contributed by atoms with Crippen molar-refractivity contribution in [2.75, 3.05) is 13.3 Å². The maximum Gasteiger partial charge on any atom is 0.239 e. The zero-order valence-corrected chi connectivity index (χ0v) is 12.6. The molecule has 2 N–H and O–H groups in total. The molecule has 106 valence electrons. The van der Waals surface area contributed by atoms with Gasteiger partial charge in [0.1, 0.15) is 0 Å². The Bertz CT molecular complexity index is 445. The fourth-order valence-corrected chi connectivity index (χ4v) is 2.38. The van der Waals surface area contributed by atoms with Crippen molar-refractivity contribution in [2.24, 2.45) is 5.73 Å². The average molecular weight is 282 g/mol. The molecule has 0 radical (unpaired) electrons. The fourth-order valence-electron chi connectivity index (χ4n) is 1.86. The molecule has 5 heteroatoms. The molecule has 2 unspecified atom stereocenters. The Kier molecular flexibility index (Phi) is 6.18. The third-order valence-electron chi connectivity index (χ3n) is 2.97. The van der Waals surface area contributed by atoms with Crippen LogP contribution >= 0.6 is 0 Å². The van der Waals surface area contributed by atoms with Gasteiger partial charge in [-0.05, 0) is 24.1 Å². The Morgan fingerprint density at radius 1 is 1.37 bits per heavy atom. The van der Waals surface area contributed by atoms with Crippen molar-refractivity contribution >= 4 is 16.7 Å². The Hall–Kier alpha value is -1.20. The summed E-state index contributed by atoms with van der Waals surface area (Å²) in [5, 5.41) is 0.